The second kappa shape index (κ2) is 7.16. The molecule has 0 bridgehead atoms. The lowest BCUT2D eigenvalue weighted by molar-refractivity contribution is 0.0951. The molecule has 4 rings (SSSR count). The topological polar surface area (TPSA) is 46.9 Å². The first-order valence-corrected chi connectivity index (χ1v) is 9.20. The molecule has 1 heterocycles. The third-order valence-electron chi connectivity index (χ3n) is 5.13. The highest BCUT2D eigenvalue weighted by Gasteiger charge is 2.13. The van der Waals surface area contributed by atoms with Crippen molar-refractivity contribution in [1.29, 1.82) is 0 Å². The van der Waals surface area contributed by atoms with Crippen molar-refractivity contribution in [2.45, 2.75) is 39.2 Å². The number of benzene rings is 2. The van der Waals surface area contributed by atoms with Gasteiger partial charge in [-0.05, 0) is 67.5 Å². The second-order valence-electron chi connectivity index (χ2n) is 6.85. The van der Waals surface area contributed by atoms with Crippen molar-refractivity contribution < 1.29 is 4.79 Å². The van der Waals surface area contributed by atoms with Crippen LogP contribution in [-0.4, -0.2) is 15.5 Å². The minimum atomic E-state index is -0.0180. The fourth-order valence-electron chi connectivity index (χ4n) is 3.68. The van der Waals surface area contributed by atoms with Gasteiger partial charge in [0, 0.05) is 24.5 Å². The summed E-state index contributed by atoms with van der Waals surface area (Å²) >= 11 is 0. The van der Waals surface area contributed by atoms with Crippen LogP contribution in [0.4, 0.5) is 0 Å². The number of hydrogen-bond donors (Lipinski definition) is 1. The molecule has 4 heteroatoms. The Hall–Kier alpha value is -2.88. The number of nitrogens with zero attached hydrogens (tertiary/aromatic N) is 2. The second-order valence-corrected chi connectivity index (χ2v) is 6.85. The Morgan fingerprint density at radius 3 is 2.73 bits per heavy atom. The molecule has 0 atom stereocenters. The van der Waals surface area contributed by atoms with Gasteiger partial charge in [-0.2, -0.15) is 0 Å². The highest BCUT2D eigenvalue weighted by atomic mass is 16.1. The molecule has 1 aliphatic rings. The zero-order chi connectivity index (χ0) is 17.9. The third kappa shape index (κ3) is 3.27. The molecule has 0 aliphatic heterocycles. The zero-order valence-electron chi connectivity index (χ0n) is 15.0. The zero-order valence-corrected chi connectivity index (χ0v) is 15.0. The Morgan fingerprint density at radius 2 is 1.92 bits per heavy atom. The molecule has 0 fully saturated rings. The van der Waals surface area contributed by atoms with Crippen LogP contribution in [0.25, 0.3) is 5.69 Å². The van der Waals surface area contributed by atoms with Crippen LogP contribution in [0.1, 0.15) is 45.7 Å². The van der Waals surface area contributed by atoms with Gasteiger partial charge in [0.15, 0.2) is 0 Å². The predicted octanol–water partition coefficient (Wildman–Crippen LogP) is 3.99. The van der Waals surface area contributed by atoms with Crippen LogP contribution in [0.2, 0.25) is 0 Å². The Labute approximate surface area is 153 Å². The summed E-state index contributed by atoms with van der Waals surface area (Å²) in [7, 11) is 0. The van der Waals surface area contributed by atoms with Crippen molar-refractivity contribution in [3.63, 3.8) is 0 Å². The van der Waals surface area contributed by atoms with Gasteiger partial charge in [0.05, 0.1) is 5.69 Å². The highest BCUT2D eigenvalue weighted by Crippen LogP contribution is 2.22. The molecule has 0 saturated heterocycles. The van der Waals surface area contributed by atoms with E-state index in [4.69, 9.17) is 0 Å². The van der Waals surface area contributed by atoms with E-state index in [1.54, 1.807) is 6.20 Å². The summed E-state index contributed by atoms with van der Waals surface area (Å²) < 4.78 is 2.04. The number of para-hydroxylation sites is 1. The van der Waals surface area contributed by atoms with E-state index in [-0.39, 0.29) is 5.91 Å². The van der Waals surface area contributed by atoms with Gasteiger partial charge >= 0.3 is 0 Å². The molecule has 0 spiro atoms. The molecule has 1 aromatic heterocycles. The maximum atomic E-state index is 12.6. The summed E-state index contributed by atoms with van der Waals surface area (Å²) in [5.41, 5.74) is 5.60. The fraction of sp³-hybridized carbons (Fsp3) is 0.273. The molecular formula is C22H23N3O. The summed E-state index contributed by atoms with van der Waals surface area (Å²) in [6.45, 7) is 2.46. The van der Waals surface area contributed by atoms with Crippen molar-refractivity contribution in [3.8, 4) is 5.69 Å². The number of aryl methyl sites for hydroxylation is 3. The molecule has 2 aromatic carbocycles. The largest absolute Gasteiger partial charge is 0.348 e. The van der Waals surface area contributed by atoms with Crippen LogP contribution in [-0.2, 0) is 19.4 Å². The normalized spacial score (nSPS) is 13.3. The molecule has 0 saturated carbocycles. The fourth-order valence-corrected chi connectivity index (χ4v) is 3.68. The number of nitrogens with one attached hydrogen (secondary N) is 1. The van der Waals surface area contributed by atoms with Gasteiger partial charge < -0.3 is 9.88 Å². The van der Waals surface area contributed by atoms with E-state index in [9.17, 15) is 4.79 Å². The SMILES string of the molecule is Cc1nccn1-c1ccccc1CNC(=O)c1ccc2c(c1)CCCC2. The van der Waals surface area contributed by atoms with Crippen molar-refractivity contribution in [2.75, 3.05) is 0 Å². The number of rotatable bonds is 4. The van der Waals surface area contributed by atoms with Crippen LogP contribution in [0.15, 0.2) is 54.9 Å². The van der Waals surface area contributed by atoms with Gasteiger partial charge in [0.2, 0.25) is 0 Å². The van der Waals surface area contributed by atoms with E-state index >= 15 is 0 Å². The number of imidazole rings is 1. The van der Waals surface area contributed by atoms with E-state index in [0.29, 0.717) is 6.54 Å². The average Bonchev–Trinajstić information content (AvgIpc) is 3.11. The molecular weight excluding hydrogens is 322 g/mol. The Kier molecular flexibility index (Phi) is 4.57. The van der Waals surface area contributed by atoms with Gasteiger partial charge in [0.1, 0.15) is 5.82 Å². The summed E-state index contributed by atoms with van der Waals surface area (Å²) in [5, 5.41) is 3.07. The number of hydrogen-bond acceptors (Lipinski definition) is 2. The van der Waals surface area contributed by atoms with E-state index in [2.05, 4.69) is 28.5 Å². The minimum Gasteiger partial charge on any atom is -0.348 e. The lowest BCUT2D eigenvalue weighted by Gasteiger charge is -2.17. The Morgan fingerprint density at radius 1 is 1.12 bits per heavy atom. The molecule has 0 radical (unpaired) electrons. The number of fused-ring (bicyclic) bond motifs is 1. The summed E-state index contributed by atoms with van der Waals surface area (Å²) in [4.78, 5) is 16.9. The molecule has 4 nitrogen and oxygen atoms in total. The highest BCUT2D eigenvalue weighted by molar-refractivity contribution is 5.94. The summed E-state index contributed by atoms with van der Waals surface area (Å²) in [6.07, 6.45) is 8.42. The van der Waals surface area contributed by atoms with Crippen molar-refractivity contribution in [2.24, 2.45) is 0 Å². The molecule has 3 aromatic rings. The molecule has 26 heavy (non-hydrogen) atoms. The quantitative estimate of drug-likeness (QED) is 0.777. The van der Waals surface area contributed by atoms with E-state index < -0.39 is 0 Å². The van der Waals surface area contributed by atoms with Crippen LogP contribution in [0.3, 0.4) is 0 Å². The number of aromatic nitrogens is 2. The molecule has 132 valence electrons. The maximum absolute atomic E-state index is 12.6. The van der Waals surface area contributed by atoms with Gasteiger partial charge in [-0.3, -0.25) is 4.79 Å². The lowest BCUT2D eigenvalue weighted by atomic mass is 9.90. The van der Waals surface area contributed by atoms with Crippen molar-refractivity contribution in [3.05, 3.63) is 82.9 Å². The smallest absolute Gasteiger partial charge is 0.251 e. The van der Waals surface area contributed by atoms with E-state index in [1.165, 1.54) is 24.0 Å². The first-order valence-electron chi connectivity index (χ1n) is 9.20. The van der Waals surface area contributed by atoms with Gasteiger partial charge in [0.25, 0.3) is 5.91 Å². The third-order valence-corrected chi connectivity index (χ3v) is 5.13. The van der Waals surface area contributed by atoms with Crippen LogP contribution >= 0.6 is 0 Å². The maximum Gasteiger partial charge on any atom is 0.251 e. The Balaban J connectivity index is 1.51. The number of amides is 1. The molecule has 1 amide bonds. The predicted molar refractivity (Wildman–Crippen MR) is 103 cm³/mol. The van der Waals surface area contributed by atoms with E-state index in [1.807, 2.05) is 42.0 Å². The van der Waals surface area contributed by atoms with Gasteiger partial charge in [-0.25, -0.2) is 4.98 Å². The van der Waals surface area contributed by atoms with Crippen LogP contribution < -0.4 is 5.32 Å². The van der Waals surface area contributed by atoms with Crippen LogP contribution in [0.5, 0.6) is 0 Å². The van der Waals surface area contributed by atoms with Gasteiger partial charge in [-0.1, -0.05) is 24.3 Å². The first-order chi connectivity index (χ1) is 12.7. The van der Waals surface area contributed by atoms with Crippen molar-refractivity contribution in [1.82, 2.24) is 14.9 Å². The average molecular weight is 345 g/mol. The van der Waals surface area contributed by atoms with Crippen LogP contribution in [0, 0.1) is 6.92 Å². The first kappa shape index (κ1) is 16.6. The number of carbonyl (C=O) groups is 1. The molecule has 1 N–H and O–H groups in total. The minimum absolute atomic E-state index is 0.0180. The number of carbonyl (C=O) groups excluding carboxylic acids is 1. The Bertz CT molecular complexity index is 942. The summed E-state index contributed by atoms with van der Waals surface area (Å²) in [5.74, 6) is 0.911. The van der Waals surface area contributed by atoms with E-state index in [0.717, 1.165) is 35.5 Å². The lowest BCUT2D eigenvalue weighted by Crippen LogP contribution is -2.24. The standard InChI is InChI=1S/C22H23N3O/c1-16-23-12-13-25(16)21-9-5-4-8-20(21)15-24-22(26)19-11-10-17-6-2-3-7-18(17)14-19/h4-5,8-14H,2-3,6-7,15H2,1H3,(H,24,26). The van der Waals surface area contributed by atoms with Gasteiger partial charge in [-0.15, -0.1) is 0 Å². The summed E-state index contributed by atoms with van der Waals surface area (Å²) in [6, 6.07) is 14.2. The van der Waals surface area contributed by atoms with Crippen molar-refractivity contribution >= 4 is 5.91 Å². The molecule has 1 aliphatic carbocycles. The monoisotopic (exact) mass is 345 g/mol. The molecule has 0 unspecified atom stereocenters.